The second-order valence-corrected chi connectivity index (χ2v) is 6.80. The largest absolute Gasteiger partial charge is 0.284 e. The monoisotopic (exact) mass is 352 g/mol. The van der Waals surface area contributed by atoms with Gasteiger partial charge in [-0.2, -0.15) is 4.39 Å². The van der Waals surface area contributed by atoms with Crippen LogP contribution in [0.1, 0.15) is 0 Å². The van der Waals surface area contributed by atoms with Gasteiger partial charge >= 0.3 is 0 Å². The predicted octanol–water partition coefficient (Wildman–Crippen LogP) is 3.36. The molecule has 4 aromatic rings. The number of hydrogen-bond acceptors (Lipinski definition) is 4. The van der Waals surface area contributed by atoms with Crippen LogP contribution in [-0.4, -0.2) is 30.0 Å². The molecule has 7 heteroatoms. The first-order chi connectivity index (χ1) is 12.1. The number of benzene rings is 1. The molecular formula is C18H13FN4OS. The number of halogens is 1. The van der Waals surface area contributed by atoms with Crippen molar-refractivity contribution in [3.8, 4) is 17.2 Å². The number of aromatic nitrogens is 4. The molecule has 124 valence electrons. The molecule has 25 heavy (non-hydrogen) atoms. The predicted molar refractivity (Wildman–Crippen MR) is 94.4 cm³/mol. The van der Waals surface area contributed by atoms with E-state index in [1.54, 1.807) is 41.5 Å². The highest BCUT2D eigenvalue weighted by atomic mass is 32.2. The second kappa shape index (κ2) is 6.18. The van der Waals surface area contributed by atoms with E-state index >= 15 is 0 Å². The summed E-state index contributed by atoms with van der Waals surface area (Å²) in [5.74, 6) is -0.0962. The van der Waals surface area contributed by atoms with Crippen LogP contribution < -0.4 is 0 Å². The van der Waals surface area contributed by atoms with Crippen LogP contribution in [0.4, 0.5) is 4.39 Å². The lowest BCUT2D eigenvalue weighted by molar-refractivity contribution is 0.585. The Morgan fingerprint density at radius 2 is 1.80 bits per heavy atom. The third-order valence-electron chi connectivity index (χ3n) is 3.85. The van der Waals surface area contributed by atoms with Crippen molar-refractivity contribution in [1.29, 1.82) is 0 Å². The van der Waals surface area contributed by atoms with E-state index in [2.05, 4.69) is 15.0 Å². The Hall–Kier alpha value is -2.93. The number of hydrogen-bond donors (Lipinski definition) is 0. The zero-order valence-corrected chi connectivity index (χ0v) is 14.1. The molecule has 0 bridgehead atoms. The van der Waals surface area contributed by atoms with E-state index in [1.807, 2.05) is 24.3 Å². The molecule has 5 nitrogen and oxygen atoms in total. The summed E-state index contributed by atoms with van der Waals surface area (Å²) in [6.45, 7) is 0. The minimum absolute atomic E-state index is 0.452. The van der Waals surface area contributed by atoms with Crippen LogP contribution in [0.15, 0.2) is 66.0 Å². The van der Waals surface area contributed by atoms with E-state index in [-0.39, 0.29) is 0 Å². The van der Waals surface area contributed by atoms with E-state index < -0.39 is 16.7 Å². The van der Waals surface area contributed by atoms with Crippen molar-refractivity contribution in [1.82, 2.24) is 19.5 Å². The van der Waals surface area contributed by atoms with E-state index in [9.17, 15) is 8.60 Å². The smallest absolute Gasteiger partial charge is 0.234 e. The van der Waals surface area contributed by atoms with Gasteiger partial charge in [0.15, 0.2) is 0 Å². The summed E-state index contributed by atoms with van der Waals surface area (Å²) in [5, 5.41) is 0.905. The van der Waals surface area contributed by atoms with Crippen molar-refractivity contribution in [2.75, 3.05) is 6.26 Å². The van der Waals surface area contributed by atoms with Crippen LogP contribution >= 0.6 is 0 Å². The van der Waals surface area contributed by atoms with Gasteiger partial charge in [0.25, 0.3) is 0 Å². The van der Waals surface area contributed by atoms with Crippen molar-refractivity contribution in [3.63, 3.8) is 0 Å². The Labute approximate surface area is 145 Å². The topological polar surface area (TPSA) is 60.7 Å². The highest BCUT2D eigenvalue weighted by Gasteiger charge is 2.13. The van der Waals surface area contributed by atoms with Crippen molar-refractivity contribution in [2.24, 2.45) is 0 Å². The van der Waals surface area contributed by atoms with Crippen LogP contribution in [0.25, 0.3) is 28.1 Å². The van der Waals surface area contributed by atoms with Gasteiger partial charge in [-0.3, -0.25) is 8.78 Å². The van der Waals surface area contributed by atoms with E-state index in [1.165, 1.54) is 6.07 Å². The zero-order chi connectivity index (χ0) is 17.4. The number of para-hydroxylation sites is 1. The van der Waals surface area contributed by atoms with Gasteiger partial charge in [0.05, 0.1) is 26.9 Å². The molecule has 3 heterocycles. The molecule has 0 fully saturated rings. The lowest BCUT2D eigenvalue weighted by Crippen LogP contribution is -2.00. The minimum Gasteiger partial charge on any atom is -0.284 e. The van der Waals surface area contributed by atoms with E-state index in [0.29, 0.717) is 17.2 Å². The summed E-state index contributed by atoms with van der Waals surface area (Å²) in [4.78, 5) is 13.3. The maximum atomic E-state index is 13.3. The van der Waals surface area contributed by atoms with E-state index in [4.69, 9.17) is 0 Å². The molecule has 1 aromatic carbocycles. The first-order valence-electron chi connectivity index (χ1n) is 7.52. The number of nitrogens with zero attached hydrogens (tertiary/aromatic N) is 4. The van der Waals surface area contributed by atoms with Gasteiger partial charge in [-0.15, -0.1) is 0 Å². The molecule has 0 N–H and O–H groups in total. The maximum Gasteiger partial charge on any atom is 0.234 e. The first kappa shape index (κ1) is 15.6. The summed E-state index contributed by atoms with van der Waals surface area (Å²) in [7, 11) is -1.12. The lowest BCUT2D eigenvalue weighted by atomic mass is 10.2. The average molecular weight is 352 g/mol. The summed E-state index contributed by atoms with van der Waals surface area (Å²) >= 11 is 0. The molecule has 3 aromatic heterocycles. The molecule has 0 radical (unpaired) electrons. The highest BCUT2D eigenvalue weighted by Crippen LogP contribution is 2.26. The molecule has 0 aliphatic carbocycles. The Balaban J connectivity index is 1.81. The third-order valence-corrected chi connectivity index (χ3v) is 4.79. The molecule has 0 amide bonds. The molecule has 4 rings (SSSR count). The quantitative estimate of drug-likeness (QED) is 0.531. The minimum atomic E-state index is -1.12. The van der Waals surface area contributed by atoms with Gasteiger partial charge in [0.2, 0.25) is 11.9 Å². The van der Waals surface area contributed by atoms with Crippen molar-refractivity contribution < 1.29 is 8.60 Å². The lowest BCUT2D eigenvalue weighted by Gasteiger charge is -2.04. The Kier molecular flexibility index (Phi) is 3.85. The molecule has 1 unspecified atom stereocenters. The van der Waals surface area contributed by atoms with Crippen molar-refractivity contribution in [2.45, 2.75) is 4.90 Å². The first-order valence-corrected chi connectivity index (χ1v) is 9.08. The van der Waals surface area contributed by atoms with Crippen LogP contribution in [-0.2, 0) is 10.8 Å². The third kappa shape index (κ3) is 2.83. The molecule has 0 saturated heterocycles. The summed E-state index contributed by atoms with van der Waals surface area (Å²) in [6, 6.07) is 12.2. The van der Waals surface area contributed by atoms with Crippen LogP contribution in [0, 0.1) is 5.95 Å². The van der Waals surface area contributed by atoms with Crippen molar-refractivity contribution in [3.05, 3.63) is 67.0 Å². The van der Waals surface area contributed by atoms with Gasteiger partial charge in [0, 0.05) is 35.8 Å². The molecule has 0 aliphatic rings. The van der Waals surface area contributed by atoms with Gasteiger partial charge < -0.3 is 0 Å². The summed E-state index contributed by atoms with van der Waals surface area (Å²) < 4.78 is 27.1. The molecule has 1 atom stereocenters. The summed E-state index contributed by atoms with van der Waals surface area (Å²) in [5.41, 5.74) is 1.97. The standard InChI is InChI=1S/C18H13FN4OS/c1-25(24)16-11-23(15-7-3-2-5-13(15)16)18-20-9-12(10-21-18)14-6-4-8-17(19)22-14/h2-11H,1H3. The fraction of sp³-hybridized carbons (Fsp3) is 0.0556. The van der Waals surface area contributed by atoms with Gasteiger partial charge in [-0.05, 0) is 18.2 Å². The maximum absolute atomic E-state index is 13.3. The summed E-state index contributed by atoms with van der Waals surface area (Å²) in [6.07, 6.45) is 6.63. The zero-order valence-electron chi connectivity index (χ0n) is 13.3. The fourth-order valence-electron chi connectivity index (χ4n) is 2.69. The number of fused-ring (bicyclic) bond motifs is 1. The fourth-order valence-corrected chi connectivity index (χ4v) is 3.43. The van der Waals surface area contributed by atoms with Crippen LogP contribution in [0.2, 0.25) is 0 Å². The average Bonchev–Trinajstić information content (AvgIpc) is 3.02. The number of pyridine rings is 1. The van der Waals surface area contributed by atoms with Gasteiger partial charge in [0.1, 0.15) is 0 Å². The molecule has 0 spiro atoms. The molecule has 0 saturated carbocycles. The highest BCUT2D eigenvalue weighted by molar-refractivity contribution is 7.84. The number of rotatable bonds is 3. The van der Waals surface area contributed by atoms with Crippen molar-refractivity contribution >= 4 is 21.7 Å². The van der Waals surface area contributed by atoms with Crippen LogP contribution in [0.5, 0.6) is 0 Å². The Morgan fingerprint density at radius 1 is 1.04 bits per heavy atom. The normalized spacial score (nSPS) is 12.4. The molecular weight excluding hydrogens is 339 g/mol. The van der Waals surface area contributed by atoms with E-state index in [0.717, 1.165) is 15.8 Å². The molecule has 0 aliphatic heterocycles. The Morgan fingerprint density at radius 3 is 2.52 bits per heavy atom. The van der Waals surface area contributed by atoms with Gasteiger partial charge in [-0.25, -0.2) is 15.0 Å². The SMILES string of the molecule is CS(=O)c1cn(-c2ncc(-c3cccc(F)n3)cn2)c2ccccc12. The Bertz CT molecular complexity index is 1090. The second-order valence-electron chi connectivity index (χ2n) is 5.45. The van der Waals surface area contributed by atoms with Crippen LogP contribution in [0.3, 0.4) is 0 Å². The van der Waals surface area contributed by atoms with Gasteiger partial charge in [-0.1, -0.05) is 24.3 Å².